The first-order valence-electron chi connectivity index (χ1n) is 9.06. The third-order valence-electron chi connectivity index (χ3n) is 4.82. The lowest BCUT2D eigenvalue weighted by Crippen LogP contribution is -2.50. The number of aryl methyl sites for hydroxylation is 1. The first-order chi connectivity index (χ1) is 13.6. The van der Waals surface area contributed by atoms with Crippen LogP contribution in [0, 0.1) is 0 Å². The molecule has 0 N–H and O–H groups in total. The molecule has 144 valence electrons. The lowest BCUT2D eigenvalue weighted by molar-refractivity contribution is -0.133. The van der Waals surface area contributed by atoms with Gasteiger partial charge in [0.1, 0.15) is 5.52 Å². The van der Waals surface area contributed by atoms with E-state index in [0.717, 1.165) is 0 Å². The molecule has 0 spiro atoms. The van der Waals surface area contributed by atoms with Gasteiger partial charge in [0.25, 0.3) is 11.5 Å². The van der Waals surface area contributed by atoms with E-state index >= 15 is 0 Å². The summed E-state index contributed by atoms with van der Waals surface area (Å²) in [7, 11) is 0. The Morgan fingerprint density at radius 2 is 1.75 bits per heavy atom. The molecule has 3 aromatic rings. The second-order valence-electron chi connectivity index (χ2n) is 6.54. The van der Waals surface area contributed by atoms with E-state index in [4.69, 9.17) is 4.42 Å². The number of benzene rings is 1. The van der Waals surface area contributed by atoms with E-state index in [0.29, 0.717) is 42.8 Å². The zero-order valence-electron chi connectivity index (χ0n) is 15.2. The molecule has 1 fully saturated rings. The number of amides is 2. The minimum Gasteiger partial charge on any atom is -0.459 e. The maximum Gasteiger partial charge on any atom is 0.289 e. The number of furan rings is 1. The van der Waals surface area contributed by atoms with Crippen LogP contribution >= 0.6 is 0 Å². The van der Waals surface area contributed by atoms with Crippen molar-refractivity contribution in [2.45, 2.75) is 13.0 Å². The van der Waals surface area contributed by atoms with Gasteiger partial charge in [-0.2, -0.15) is 0 Å². The molecule has 1 aliphatic heterocycles. The number of aromatic nitrogens is 3. The Labute approximate surface area is 160 Å². The lowest BCUT2D eigenvalue weighted by Gasteiger charge is -2.34. The quantitative estimate of drug-likeness (QED) is 0.661. The third-order valence-corrected chi connectivity index (χ3v) is 4.82. The monoisotopic (exact) mass is 381 g/mol. The van der Waals surface area contributed by atoms with Crippen molar-refractivity contribution in [2.24, 2.45) is 0 Å². The molecule has 0 atom stereocenters. The van der Waals surface area contributed by atoms with Crippen LogP contribution in [0.2, 0.25) is 0 Å². The Balaban J connectivity index is 1.33. The van der Waals surface area contributed by atoms with Gasteiger partial charge in [-0.25, -0.2) is 4.68 Å². The molecule has 28 heavy (non-hydrogen) atoms. The molecular formula is C19H19N5O4. The van der Waals surface area contributed by atoms with Gasteiger partial charge in [-0.1, -0.05) is 17.3 Å². The van der Waals surface area contributed by atoms with Gasteiger partial charge in [-0.15, -0.1) is 5.10 Å². The average molecular weight is 381 g/mol. The van der Waals surface area contributed by atoms with Gasteiger partial charge < -0.3 is 14.2 Å². The van der Waals surface area contributed by atoms with Gasteiger partial charge in [0.05, 0.1) is 18.2 Å². The number of hydrogen-bond acceptors (Lipinski definition) is 6. The van der Waals surface area contributed by atoms with Crippen LogP contribution in [0.5, 0.6) is 0 Å². The summed E-state index contributed by atoms with van der Waals surface area (Å²) in [5.41, 5.74) is 0.277. The number of fused-ring (bicyclic) bond motifs is 1. The number of rotatable bonds is 4. The van der Waals surface area contributed by atoms with Crippen LogP contribution in [-0.4, -0.2) is 62.8 Å². The molecule has 0 unspecified atom stereocenters. The van der Waals surface area contributed by atoms with E-state index in [1.165, 1.54) is 10.9 Å². The number of hydrogen-bond donors (Lipinski definition) is 0. The Morgan fingerprint density at radius 1 is 1.00 bits per heavy atom. The highest BCUT2D eigenvalue weighted by Gasteiger charge is 2.26. The van der Waals surface area contributed by atoms with E-state index in [-0.39, 0.29) is 30.3 Å². The number of nitrogens with zero attached hydrogens (tertiary/aromatic N) is 5. The van der Waals surface area contributed by atoms with E-state index < -0.39 is 0 Å². The zero-order chi connectivity index (χ0) is 19.5. The minimum absolute atomic E-state index is 0.0769. The van der Waals surface area contributed by atoms with Crippen molar-refractivity contribution in [1.82, 2.24) is 24.8 Å². The Morgan fingerprint density at radius 3 is 2.50 bits per heavy atom. The molecule has 0 aliphatic carbocycles. The highest BCUT2D eigenvalue weighted by molar-refractivity contribution is 5.91. The predicted octanol–water partition coefficient (Wildman–Crippen LogP) is 0.759. The summed E-state index contributed by atoms with van der Waals surface area (Å²) in [6.07, 6.45) is 1.61. The Hall–Kier alpha value is -3.49. The molecule has 2 aromatic heterocycles. The standard InChI is InChI=1S/C19H19N5O4/c25-17(7-8-24-18(26)14-4-1-2-5-15(14)20-21-24)22-9-11-23(12-10-22)19(27)16-6-3-13-28-16/h1-6,13H,7-12H2. The van der Waals surface area contributed by atoms with Crippen LogP contribution in [0.15, 0.2) is 51.9 Å². The topological polar surface area (TPSA) is 102 Å². The Bertz CT molecular complexity index is 1050. The van der Waals surface area contributed by atoms with E-state index in [9.17, 15) is 14.4 Å². The second kappa shape index (κ2) is 7.63. The fourth-order valence-corrected chi connectivity index (χ4v) is 3.24. The van der Waals surface area contributed by atoms with Crippen molar-refractivity contribution >= 4 is 22.7 Å². The largest absolute Gasteiger partial charge is 0.459 e. The predicted molar refractivity (Wildman–Crippen MR) is 99.6 cm³/mol. The van der Waals surface area contributed by atoms with Crippen molar-refractivity contribution in [1.29, 1.82) is 0 Å². The molecule has 1 aromatic carbocycles. The molecule has 2 amide bonds. The maximum atomic E-state index is 12.5. The molecule has 9 heteroatoms. The van der Waals surface area contributed by atoms with Gasteiger partial charge in [-0.05, 0) is 24.3 Å². The summed E-state index contributed by atoms with van der Waals surface area (Å²) in [6.45, 7) is 1.95. The minimum atomic E-state index is -0.257. The molecular weight excluding hydrogens is 362 g/mol. The van der Waals surface area contributed by atoms with E-state index in [1.807, 2.05) is 0 Å². The Kier molecular flexibility index (Phi) is 4.88. The van der Waals surface area contributed by atoms with Crippen LogP contribution in [0.1, 0.15) is 17.0 Å². The first kappa shape index (κ1) is 17.9. The van der Waals surface area contributed by atoms with Crippen LogP contribution < -0.4 is 5.56 Å². The van der Waals surface area contributed by atoms with Crippen LogP contribution in [0.4, 0.5) is 0 Å². The molecule has 0 bridgehead atoms. The van der Waals surface area contributed by atoms with E-state index in [1.54, 1.807) is 46.2 Å². The molecule has 1 aliphatic rings. The van der Waals surface area contributed by atoms with Crippen molar-refractivity contribution < 1.29 is 14.0 Å². The van der Waals surface area contributed by atoms with Gasteiger partial charge in [0.15, 0.2) is 5.76 Å². The summed E-state index contributed by atoms with van der Waals surface area (Å²) in [5, 5.41) is 8.41. The van der Waals surface area contributed by atoms with Gasteiger partial charge in [0, 0.05) is 32.6 Å². The van der Waals surface area contributed by atoms with E-state index in [2.05, 4.69) is 10.3 Å². The second-order valence-corrected chi connectivity index (χ2v) is 6.54. The fraction of sp³-hybridized carbons (Fsp3) is 0.316. The van der Waals surface area contributed by atoms with Gasteiger partial charge in [0.2, 0.25) is 5.91 Å². The highest BCUT2D eigenvalue weighted by atomic mass is 16.3. The summed E-state index contributed by atoms with van der Waals surface area (Å²) < 4.78 is 6.35. The molecule has 1 saturated heterocycles. The summed E-state index contributed by atoms with van der Waals surface area (Å²) >= 11 is 0. The summed E-state index contributed by atoms with van der Waals surface area (Å²) in [4.78, 5) is 40.6. The highest BCUT2D eigenvalue weighted by Crippen LogP contribution is 2.10. The molecule has 0 radical (unpaired) electrons. The van der Waals surface area contributed by atoms with Gasteiger partial charge in [-0.3, -0.25) is 14.4 Å². The normalized spacial score (nSPS) is 14.4. The average Bonchev–Trinajstić information content (AvgIpc) is 3.28. The van der Waals surface area contributed by atoms with Crippen molar-refractivity contribution in [3.8, 4) is 0 Å². The summed E-state index contributed by atoms with van der Waals surface area (Å²) in [6, 6.07) is 10.3. The van der Waals surface area contributed by atoms with Crippen LogP contribution in [-0.2, 0) is 11.3 Å². The van der Waals surface area contributed by atoms with Crippen molar-refractivity contribution in [3.05, 3.63) is 58.8 Å². The first-order valence-corrected chi connectivity index (χ1v) is 9.06. The van der Waals surface area contributed by atoms with Crippen LogP contribution in [0.3, 0.4) is 0 Å². The number of piperazine rings is 1. The molecule has 9 nitrogen and oxygen atoms in total. The van der Waals surface area contributed by atoms with Crippen LogP contribution in [0.25, 0.3) is 10.9 Å². The number of carbonyl (C=O) groups excluding carboxylic acids is 2. The third kappa shape index (κ3) is 3.51. The number of carbonyl (C=O) groups is 2. The zero-order valence-corrected chi connectivity index (χ0v) is 15.2. The SMILES string of the molecule is O=C(CCn1nnc2ccccc2c1=O)N1CCN(C(=O)c2ccco2)CC1. The maximum absolute atomic E-state index is 12.5. The summed E-state index contributed by atoms with van der Waals surface area (Å²) in [5.74, 6) is 0.0519. The molecule has 3 heterocycles. The van der Waals surface area contributed by atoms with Gasteiger partial charge >= 0.3 is 0 Å². The fourth-order valence-electron chi connectivity index (χ4n) is 3.24. The molecule has 0 saturated carbocycles. The lowest BCUT2D eigenvalue weighted by atomic mass is 10.2. The molecule has 4 rings (SSSR count). The smallest absolute Gasteiger partial charge is 0.289 e. The van der Waals surface area contributed by atoms with Crippen molar-refractivity contribution in [3.63, 3.8) is 0 Å². The van der Waals surface area contributed by atoms with Crippen molar-refractivity contribution in [2.75, 3.05) is 26.2 Å².